The Hall–Kier alpha value is -1.20. The van der Waals surface area contributed by atoms with Gasteiger partial charge in [-0.15, -0.1) is 50.9 Å². The summed E-state index contributed by atoms with van der Waals surface area (Å²) in [6.07, 6.45) is 2.07. The number of aromatic hydroxyl groups is 1. The molecule has 0 amide bonds. The fourth-order valence-corrected chi connectivity index (χ4v) is 3.83. The Balaban J connectivity index is 0.00000160. The maximum Gasteiger partial charge on any atom is 0.204 e. The van der Waals surface area contributed by atoms with Gasteiger partial charge in [0.2, 0.25) is 5.95 Å². The molecule has 1 aromatic heterocycles. The summed E-state index contributed by atoms with van der Waals surface area (Å²) < 4.78 is 15.4. The molecule has 1 aliphatic rings. The van der Waals surface area contributed by atoms with E-state index in [4.69, 9.17) is 10.7 Å². The van der Waals surface area contributed by atoms with Gasteiger partial charge in [0.1, 0.15) is 11.6 Å². The largest absolute Gasteiger partial charge is 0.508 e. The van der Waals surface area contributed by atoms with Crippen LogP contribution in [0.4, 0.5) is 10.3 Å². The number of phenolic OH excluding ortho intramolecular Hbond substituents is 1. The average molecular weight is 626 g/mol. The van der Waals surface area contributed by atoms with Gasteiger partial charge in [0.15, 0.2) is 0 Å². The number of imidazole rings is 1. The molecular weight excluding hydrogens is 597 g/mol. The summed E-state index contributed by atoms with van der Waals surface area (Å²) in [4.78, 5) is 7.11. The number of halogens is 4. The minimum atomic E-state index is -0.244. The molecule has 4 N–H and O–H groups in total. The van der Waals surface area contributed by atoms with Crippen LogP contribution >= 0.6 is 50.9 Å². The first-order chi connectivity index (χ1) is 13.6. The van der Waals surface area contributed by atoms with E-state index in [-0.39, 0.29) is 62.5 Å². The van der Waals surface area contributed by atoms with Crippen LogP contribution in [0.5, 0.6) is 5.75 Å². The Morgan fingerprint density at radius 3 is 2.39 bits per heavy atom. The van der Waals surface area contributed by atoms with Crippen molar-refractivity contribution < 1.29 is 9.50 Å². The van der Waals surface area contributed by atoms with Crippen molar-refractivity contribution in [1.29, 1.82) is 0 Å². The Bertz CT molecular complexity index is 946. The first-order valence-corrected chi connectivity index (χ1v) is 9.75. The van der Waals surface area contributed by atoms with Crippen LogP contribution in [0.15, 0.2) is 42.5 Å². The van der Waals surface area contributed by atoms with Crippen LogP contribution in [-0.4, -0.2) is 51.8 Å². The van der Waals surface area contributed by atoms with Crippen LogP contribution in [-0.2, 0) is 6.54 Å². The number of piperidine rings is 1. The van der Waals surface area contributed by atoms with E-state index in [2.05, 4.69) is 14.8 Å². The third-order valence-electron chi connectivity index (χ3n) is 5.35. The smallest absolute Gasteiger partial charge is 0.204 e. The summed E-state index contributed by atoms with van der Waals surface area (Å²) in [5.74, 6) is 0.731. The topological polar surface area (TPSA) is 79.3 Å². The van der Waals surface area contributed by atoms with E-state index >= 15 is 0 Å². The molecule has 0 radical (unpaired) electrons. The Morgan fingerprint density at radius 2 is 1.74 bits per heavy atom. The van der Waals surface area contributed by atoms with E-state index < -0.39 is 0 Å². The van der Waals surface area contributed by atoms with Crippen LogP contribution in [0.3, 0.4) is 0 Å². The quantitative estimate of drug-likeness (QED) is 0.376. The SMILES string of the molecule is Br.Br.Br.NCCN1CCC(Nc2nc3cc(O)ccc3n2Cc2ccc(F)cc2)CC1. The van der Waals surface area contributed by atoms with E-state index in [1.54, 1.807) is 24.3 Å². The lowest BCUT2D eigenvalue weighted by Crippen LogP contribution is -2.41. The van der Waals surface area contributed by atoms with Crippen molar-refractivity contribution in [2.24, 2.45) is 5.73 Å². The molecule has 6 nitrogen and oxygen atoms in total. The van der Waals surface area contributed by atoms with Crippen LogP contribution in [0.25, 0.3) is 11.0 Å². The van der Waals surface area contributed by atoms with Gasteiger partial charge in [-0.25, -0.2) is 9.37 Å². The zero-order valence-electron chi connectivity index (χ0n) is 17.0. The highest BCUT2D eigenvalue weighted by molar-refractivity contribution is 8.93. The zero-order valence-corrected chi connectivity index (χ0v) is 22.2. The number of likely N-dealkylation sites (tertiary alicyclic amines) is 1. The second-order valence-electron chi connectivity index (χ2n) is 7.37. The molecule has 31 heavy (non-hydrogen) atoms. The average Bonchev–Trinajstić information content (AvgIpc) is 3.01. The van der Waals surface area contributed by atoms with Crippen molar-refractivity contribution in [3.8, 4) is 5.75 Å². The van der Waals surface area contributed by atoms with Crippen molar-refractivity contribution in [3.63, 3.8) is 0 Å². The van der Waals surface area contributed by atoms with Gasteiger partial charge in [-0.05, 0) is 42.7 Å². The molecule has 2 heterocycles. The molecule has 1 saturated heterocycles. The Labute approximate surface area is 213 Å². The first-order valence-electron chi connectivity index (χ1n) is 9.75. The van der Waals surface area contributed by atoms with Gasteiger partial charge in [-0.3, -0.25) is 0 Å². The van der Waals surface area contributed by atoms with E-state index in [1.807, 2.05) is 6.07 Å². The van der Waals surface area contributed by atoms with Crippen molar-refractivity contribution in [1.82, 2.24) is 14.5 Å². The number of aromatic nitrogens is 2. The molecule has 3 aromatic rings. The monoisotopic (exact) mass is 623 g/mol. The molecule has 1 aliphatic heterocycles. The molecule has 2 aromatic carbocycles. The molecule has 0 atom stereocenters. The van der Waals surface area contributed by atoms with E-state index in [1.165, 1.54) is 12.1 Å². The maximum atomic E-state index is 13.3. The van der Waals surface area contributed by atoms with Gasteiger partial charge in [-0.2, -0.15) is 0 Å². The van der Waals surface area contributed by atoms with Gasteiger partial charge >= 0.3 is 0 Å². The highest BCUT2D eigenvalue weighted by atomic mass is 79.9. The Morgan fingerprint density at radius 1 is 1.06 bits per heavy atom. The fourth-order valence-electron chi connectivity index (χ4n) is 3.83. The summed E-state index contributed by atoms with van der Waals surface area (Å²) >= 11 is 0. The normalized spacial score (nSPS) is 14.4. The third-order valence-corrected chi connectivity index (χ3v) is 5.35. The number of phenols is 1. The number of fused-ring (bicyclic) bond motifs is 1. The van der Waals surface area contributed by atoms with Crippen molar-refractivity contribution in [3.05, 3.63) is 53.8 Å². The maximum absolute atomic E-state index is 13.3. The number of rotatable bonds is 6. The minimum Gasteiger partial charge on any atom is -0.508 e. The van der Waals surface area contributed by atoms with Crippen LogP contribution < -0.4 is 11.1 Å². The van der Waals surface area contributed by atoms with E-state index in [9.17, 15) is 9.50 Å². The van der Waals surface area contributed by atoms with Gasteiger partial charge in [0, 0.05) is 38.3 Å². The molecule has 0 bridgehead atoms. The molecule has 4 rings (SSSR count). The number of hydrogen-bond donors (Lipinski definition) is 3. The fraction of sp³-hybridized carbons (Fsp3) is 0.381. The highest BCUT2D eigenvalue weighted by Crippen LogP contribution is 2.26. The lowest BCUT2D eigenvalue weighted by Gasteiger charge is -2.32. The summed E-state index contributed by atoms with van der Waals surface area (Å²) in [5.41, 5.74) is 8.33. The van der Waals surface area contributed by atoms with E-state index in [0.29, 0.717) is 19.1 Å². The number of nitrogens with two attached hydrogens (primary N) is 1. The summed E-state index contributed by atoms with van der Waals surface area (Å²) in [7, 11) is 0. The molecule has 10 heteroatoms. The highest BCUT2D eigenvalue weighted by Gasteiger charge is 2.21. The summed E-state index contributed by atoms with van der Waals surface area (Å²) in [6, 6.07) is 12.1. The number of hydrogen-bond acceptors (Lipinski definition) is 5. The molecule has 1 fully saturated rings. The summed E-state index contributed by atoms with van der Waals surface area (Å²) in [5, 5.41) is 13.4. The van der Waals surface area contributed by atoms with Gasteiger partial charge in [-0.1, -0.05) is 12.1 Å². The van der Waals surface area contributed by atoms with E-state index in [0.717, 1.165) is 55.0 Å². The van der Waals surface area contributed by atoms with Crippen LogP contribution in [0, 0.1) is 5.82 Å². The molecule has 0 aliphatic carbocycles. The van der Waals surface area contributed by atoms with Crippen molar-refractivity contribution >= 4 is 67.9 Å². The second kappa shape index (κ2) is 12.7. The lowest BCUT2D eigenvalue weighted by atomic mass is 10.1. The first kappa shape index (κ1) is 27.8. The number of nitrogens with one attached hydrogen (secondary N) is 1. The predicted molar refractivity (Wildman–Crippen MR) is 140 cm³/mol. The standard InChI is InChI=1S/C21H26FN5O.3BrH/c22-16-3-1-15(2-4-16)14-27-20-6-5-18(28)13-19(20)25-21(27)24-17-7-10-26(11-8-17)12-9-23;;;/h1-6,13,17,28H,7-12,14,23H2,(H,24,25);3*1H. The van der Waals surface area contributed by atoms with Crippen molar-refractivity contribution in [2.75, 3.05) is 31.5 Å². The molecule has 0 spiro atoms. The molecular formula is C21H29Br3FN5O. The Kier molecular flexibility index (Phi) is 11.4. The molecule has 0 saturated carbocycles. The minimum absolute atomic E-state index is 0. The molecule has 0 unspecified atom stereocenters. The predicted octanol–water partition coefficient (Wildman–Crippen LogP) is 4.50. The van der Waals surface area contributed by atoms with Crippen LogP contribution in [0.2, 0.25) is 0 Å². The van der Waals surface area contributed by atoms with Gasteiger partial charge in [0.25, 0.3) is 0 Å². The number of anilines is 1. The number of nitrogens with zero attached hydrogens (tertiary/aromatic N) is 3. The van der Waals surface area contributed by atoms with Gasteiger partial charge < -0.3 is 25.6 Å². The summed E-state index contributed by atoms with van der Waals surface area (Å²) in [6.45, 7) is 4.25. The van der Waals surface area contributed by atoms with Crippen LogP contribution in [0.1, 0.15) is 18.4 Å². The zero-order chi connectivity index (χ0) is 19.5. The third kappa shape index (κ3) is 6.89. The van der Waals surface area contributed by atoms with Crippen molar-refractivity contribution in [2.45, 2.75) is 25.4 Å². The number of benzene rings is 2. The molecule has 172 valence electrons. The second-order valence-corrected chi connectivity index (χ2v) is 7.37. The lowest BCUT2D eigenvalue weighted by molar-refractivity contribution is 0.224. The van der Waals surface area contributed by atoms with Gasteiger partial charge in [0.05, 0.1) is 17.6 Å².